The van der Waals surface area contributed by atoms with Gasteiger partial charge in [-0.1, -0.05) is 50.1 Å². The van der Waals surface area contributed by atoms with Crippen LogP contribution < -0.4 is 10.1 Å². The van der Waals surface area contributed by atoms with Crippen molar-refractivity contribution in [2.24, 2.45) is 0 Å². The number of rotatable bonds is 8. The molecule has 1 heterocycles. The molecule has 1 aromatic heterocycles. The van der Waals surface area contributed by atoms with Crippen molar-refractivity contribution in [2.45, 2.75) is 39.5 Å². The first-order valence-electron chi connectivity index (χ1n) is 9.47. The number of ketones is 1. The number of ether oxygens (including phenoxy) is 1. The fourth-order valence-electron chi connectivity index (χ4n) is 3.22. The van der Waals surface area contributed by atoms with Gasteiger partial charge in [-0.2, -0.15) is 0 Å². The second-order valence-electron chi connectivity index (χ2n) is 6.72. The molecule has 0 unspecified atom stereocenters. The number of benzene rings is 2. The minimum absolute atomic E-state index is 0.122. The number of anilines is 2. The maximum Gasteiger partial charge on any atom is 0.166 e. The first kappa shape index (κ1) is 18.9. The summed E-state index contributed by atoms with van der Waals surface area (Å²) in [4.78, 5) is 17.4. The van der Waals surface area contributed by atoms with Crippen LogP contribution in [0.1, 0.15) is 48.5 Å². The zero-order valence-corrected chi connectivity index (χ0v) is 16.2. The minimum atomic E-state index is 0.122. The Morgan fingerprint density at radius 3 is 2.67 bits per heavy atom. The largest absolute Gasteiger partial charge is 0.494 e. The zero-order chi connectivity index (χ0) is 19.2. The fourth-order valence-corrected chi connectivity index (χ4v) is 3.22. The SMILES string of the molecule is CCCCCC(=O)c1cnc2c(OC)cccc2c1Nc1ccccc1C. The van der Waals surface area contributed by atoms with Crippen molar-refractivity contribution in [1.29, 1.82) is 0 Å². The van der Waals surface area contributed by atoms with E-state index in [4.69, 9.17) is 4.74 Å². The normalized spacial score (nSPS) is 10.8. The van der Waals surface area contributed by atoms with Gasteiger partial charge in [0.05, 0.1) is 18.4 Å². The highest BCUT2D eigenvalue weighted by molar-refractivity contribution is 6.09. The van der Waals surface area contributed by atoms with Gasteiger partial charge in [0.15, 0.2) is 5.78 Å². The summed E-state index contributed by atoms with van der Waals surface area (Å²) in [5.41, 5.74) is 4.29. The smallest absolute Gasteiger partial charge is 0.166 e. The monoisotopic (exact) mass is 362 g/mol. The molecule has 1 N–H and O–H groups in total. The van der Waals surface area contributed by atoms with Crippen LogP contribution in [0.15, 0.2) is 48.7 Å². The second kappa shape index (κ2) is 8.67. The number of hydrogen-bond donors (Lipinski definition) is 1. The molecule has 0 aliphatic rings. The summed E-state index contributed by atoms with van der Waals surface area (Å²) in [6.45, 7) is 4.19. The molecule has 0 bridgehead atoms. The van der Waals surface area contributed by atoms with E-state index in [0.29, 0.717) is 17.7 Å². The third-order valence-corrected chi connectivity index (χ3v) is 4.79. The summed E-state index contributed by atoms with van der Waals surface area (Å²) in [5.74, 6) is 0.821. The van der Waals surface area contributed by atoms with Crippen LogP contribution in [-0.2, 0) is 0 Å². The molecule has 0 amide bonds. The molecule has 0 aliphatic heterocycles. The Balaban J connectivity index is 2.11. The average Bonchev–Trinajstić information content (AvgIpc) is 2.69. The number of pyridine rings is 1. The van der Waals surface area contributed by atoms with Gasteiger partial charge in [-0.15, -0.1) is 0 Å². The van der Waals surface area contributed by atoms with E-state index in [1.54, 1.807) is 13.3 Å². The maximum atomic E-state index is 12.9. The van der Waals surface area contributed by atoms with Crippen molar-refractivity contribution in [2.75, 3.05) is 12.4 Å². The lowest BCUT2D eigenvalue weighted by molar-refractivity contribution is 0.0980. The number of carbonyl (C=O) groups is 1. The molecular formula is C23H26N2O2. The molecule has 0 spiro atoms. The van der Waals surface area contributed by atoms with Crippen molar-refractivity contribution in [3.05, 3.63) is 59.8 Å². The van der Waals surface area contributed by atoms with Crippen molar-refractivity contribution in [3.8, 4) is 5.75 Å². The van der Waals surface area contributed by atoms with E-state index < -0.39 is 0 Å². The quantitative estimate of drug-likeness (QED) is 0.391. The average molecular weight is 362 g/mol. The number of aryl methyl sites for hydroxylation is 1. The van der Waals surface area contributed by atoms with Crippen LogP contribution in [-0.4, -0.2) is 17.9 Å². The minimum Gasteiger partial charge on any atom is -0.494 e. The number of Topliss-reactive ketones (excluding diaryl/α,β-unsaturated/α-hetero) is 1. The molecule has 3 aromatic rings. The topological polar surface area (TPSA) is 51.2 Å². The predicted molar refractivity (Wildman–Crippen MR) is 111 cm³/mol. The van der Waals surface area contributed by atoms with E-state index >= 15 is 0 Å². The Kier molecular flexibility index (Phi) is 6.07. The summed E-state index contributed by atoms with van der Waals surface area (Å²) in [6.07, 6.45) is 5.26. The van der Waals surface area contributed by atoms with E-state index in [0.717, 1.165) is 47.1 Å². The molecule has 0 saturated carbocycles. The summed E-state index contributed by atoms with van der Waals surface area (Å²) >= 11 is 0. The lowest BCUT2D eigenvalue weighted by Crippen LogP contribution is -2.07. The molecule has 4 nitrogen and oxygen atoms in total. The van der Waals surface area contributed by atoms with E-state index in [9.17, 15) is 4.79 Å². The van der Waals surface area contributed by atoms with Crippen molar-refractivity contribution in [3.63, 3.8) is 0 Å². The molecule has 3 rings (SSSR count). The van der Waals surface area contributed by atoms with E-state index in [-0.39, 0.29) is 5.78 Å². The maximum absolute atomic E-state index is 12.9. The van der Waals surface area contributed by atoms with Crippen LogP contribution in [0.4, 0.5) is 11.4 Å². The molecular weight excluding hydrogens is 336 g/mol. The number of carbonyl (C=O) groups excluding carboxylic acids is 1. The molecule has 0 saturated heterocycles. The standard InChI is InChI=1S/C23H26N2O2/c1-4-5-6-13-20(26)18-15-24-23-17(11-9-14-21(23)27-3)22(18)25-19-12-8-7-10-16(19)2/h7-12,14-15H,4-6,13H2,1-3H3,(H,24,25). The van der Waals surface area contributed by atoms with Crippen LogP contribution in [0, 0.1) is 6.92 Å². The van der Waals surface area contributed by atoms with Gasteiger partial charge >= 0.3 is 0 Å². The van der Waals surface area contributed by atoms with Gasteiger partial charge < -0.3 is 10.1 Å². The molecule has 0 radical (unpaired) electrons. The molecule has 0 fully saturated rings. The number of unbranched alkanes of at least 4 members (excludes halogenated alkanes) is 2. The molecule has 4 heteroatoms. The third-order valence-electron chi connectivity index (χ3n) is 4.79. The number of fused-ring (bicyclic) bond motifs is 1. The molecule has 2 aromatic carbocycles. The number of para-hydroxylation sites is 2. The molecule has 140 valence electrons. The van der Waals surface area contributed by atoms with Crippen LogP contribution >= 0.6 is 0 Å². The Morgan fingerprint density at radius 2 is 1.93 bits per heavy atom. The molecule has 0 atom stereocenters. The lowest BCUT2D eigenvalue weighted by Gasteiger charge is -2.16. The van der Waals surface area contributed by atoms with E-state index in [2.05, 4.69) is 30.2 Å². The van der Waals surface area contributed by atoms with Crippen molar-refractivity contribution in [1.82, 2.24) is 4.98 Å². The van der Waals surface area contributed by atoms with Gasteiger partial charge in [-0.05, 0) is 31.0 Å². The van der Waals surface area contributed by atoms with Gasteiger partial charge in [-0.25, -0.2) is 0 Å². The number of nitrogens with one attached hydrogen (secondary N) is 1. The van der Waals surface area contributed by atoms with Gasteiger partial charge in [0.25, 0.3) is 0 Å². The number of hydrogen-bond acceptors (Lipinski definition) is 4. The van der Waals surface area contributed by atoms with Crippen LogP contribution in [0.3, 0.4) is 0 Å². The molecule has 27 heavy (non-hydrogen) atoms. The van der Waals surface area contributed by atoms with Crippen molar-refractivity contribution < 1.29 is 9.53 Å². The summed E-state index contributed by atoms with van der Waals surface area (Å²) in [5, 5.41) is 4.38. The Labute approximate surface area is 160 Å². The highest BCUT2D eigenvalue weighted by Gasteiger charge is 2.17. The summed E-state index contributed by atoms with van der Waals surface area (Å²) < 4.78 is 5.46. The summed E-state index contributed by atoms with van der Waals surface area (Å²) in [7, 11) is 1.63. The van der Waals surface area contributed by atoms with Crippen LogP contribution in [0.5, 0.6) is 5.75 Å². The highest BCUT2D eigenvalue weighted by atomic mass is 16.5. The first-order chi connectivity index (χ1) is 13.2. The van der Waals surface area contributed by atoms with Crippen LogP contribution in [0.25, 0.3) is 10.9 Å². The van der Waals surface area contributed by atoms with Gasteiger partial charge in [-0.3, -0.25) is 9.78 Å². The second-order valence-corrected chi connectivity index (χ2v) is 6.72. The lowest BCUT2D eigenvalue weighted by atomic mass is 10.0. The Bertz CT molecular complexity index is 950. The first-order valence-corrected chi connectivity index (χ1v) is 9.47. The number of aromatic nitrogens is 1. The van der Waals surface area contributed by atoms with Crippen molar-refractivity contribution >= 4 is 28.1 Å². The van der Waals surface area contributed by atoms with Gasteiger partial charge in [0, 0.05) is 23.7 Å². The Morgan fingerprint density at radius 1 is 1.11 bits per heavy atom. The van der Waals surface area contributed by atoms with Gasteiger partial charge in [0.2, 0.25) is 0 Å². The van der Waals surface area contributed by atoms with Gasteiger partial charge in [0.1, 0.15) is 11.3 Å². The number of nitrogens with zero attached hydrogens (tertiary/aromatic N) is 1. The molecule has 0 aliphatic carbocycles. The Hall–Kier alpha value is -2.88. The fraction of sp³-hybridized carbons (Fsp3) is 0.304. The number of methoxy groups -OCH3 is 1. The third kappa shape index (κ3) is 4.11. The zero-order valence-electron chi connectivity index (χ0n) is 16.2. The highest BCUT2D eigenvalue weighted by Crippen LogP contribution is 2.34. The van der Waals surface area contributed by atoms with E-state index in [1.807, 2.05) is 36.4 Å². The van der Waals surface area contributed by atoms with Crippen LogP contribution in [0.2, 0.25) is 0 Å². The summed E-state index contributed by atoms with van der Waals surface area (Å²) in [6, 6.07) is 13.9. The van der Waals surface area contributed by atoms with E-state index in [1.165, 1.54) is 0 Å². The predicted octanol–water partition coefficient (Wildman–Crippen LogP) is 6.06.